The first-order chi connectivity index (χ1) is 8.26. The summed E-state index contributed by atoms with van der Waals surface area (Å²) in [5, 5.41) is 0. The monoisotopic (exact) mass is 234 g/mol. The summed E-state index contributed by atoms with van der Waals surface area (Å²) in [6.45, 7) is 0.721. The van der Waals surface area contributed by atoms with Gasteiger partial charge in [-0.3, -0.25) is 0 Å². The van der Waals surface area contributed by atoms with E-state index in [9.17, 15) is 0 Å². The molecule has 1 saturated carbocycles. The highest BCUT2D eigenvalue weighted by Crippen LogP contribution is 2.33. The molecule has 1 aromatic carbocycles. The van der Waals surface area contributed by atoms with Crippen molar-refractivity contribution in [2.45, 2.75) is 25.3 Å². The van der Waals surface area contributed by atoms with Crippen molar-refractivity contribution in [1.82, 2.24) is 0 Å². The second-order valence-corrected chi connectivity index (χ2v) is 4.81. The Labute approximate surface area is 104 Å². The molecule has 3 heteroatoms. The van der Waals surface area contributed by atoms with Gasteiger partial charge in [0.05, 0.1) is 7.11 Å². The van der Waals surface area contributed by atoms with Gasteiger partial charge in [-0.15, -0.1) is 0 Å². The summed E-state index contributed by atoms with van der Waals surface area (Å²) in [4.78, 5) is 2.30. The second-order valence-electron chi connectivity index (χ2n) is 4.81. The Kier molecular flexibility index (Phi) is 3.89. The SMILES string of the molecule is COc1cccc(N(C)C(CN)C2CCC2)c1. The molecule has 0 saturated heterocycles. The zero-order valence-electron chi connectivity index (χ0n) is 10.7. The number of hydrogen-bond acceptors (Lipinski definition) is 3. The van der Waals surface area contributed by atoms with E-state index in [-0.39, 0.29) is 0 Å². The van der Waals surface area contributed by atoms with Crippen LogP contribution in [0.25, 0.3) is 0 Å². The van der Waals surface area contributed by atoms with E-state index in [0.29, 0.717) is 6.04 Å². The maximum absolute atomic E-state index is 5.92. The average Bonchev–Trinajstić information content (AvgIpc) is 2.32. The van der Waals surface area contributed by atoms with Crippen molar-refractivity contribution in [1.29, 1.82) is 0 Å². The molecule has 1 fully saturated rings. The number of anilines is 1. The minimum atomic E-state index is 0.454. The Bertz CT molecular complexity index is 363. The molecule has 1 aromatic rings. The number of rotatable bonds is 5. The molecule has 1 atom stereocenters. The van der Waals surface area contributed by atoms with E-state index in [1.54, 1.807) is 7.11 Å². The first-order valence-electron chi connectivity index (χ1n) is 6.33. The summed E-state index contributed by atoms with van der Waals surface area (Å²) in [6, 6.07) is 8.64. The maximum atomic E-state index is 5.92. The van der Waals surface area contributed by atoms with Crippen LogP contribution in [0.1, 0.15) is 19.3 Å². The molecule has 0 aromatic heterocycles. The van der Waals surface area contributed by atoms with Gasteiger partial charge >= 0.3 is 0 Å². The van der Waals surface area contributed by atoms with Crippen molar-refractivity contribution >= 4 is 5.69 Å². The van der Waals surface area contributed by atoms with E-state index in [0.717, 1.165) is 18.2 Å². The average molecular weight is 234 g/mol. The number of nitrogens with two attached hydrogens (primary N) is 1. The lowest BCUT2D eigenvalue weighted by atomic mass is 9.79. The number of hydrogen-bond donors (Lipinski definition) is 1. The topological polar surface area (TPSA) is 38.5 Å². The third-order valence-corrected chi connectivity index (χ3v) is 3.89. The van der Waals surface area contributed by atoms with Crippen LogP contribution in [0.15, 0.2) is 24.3 Å². The maximum Gasteiger partial charge on any atom is 0.120 e. The van der Waals surface area contributed by atoms with Crippen molar-refractivity contribution in [3.8, 4) is 5.75 Å². The van der Waals surface area contributed by atoms with Crippen LogP contribution in [0.2, 0.25) is 0 Å². The minimum absolute atomic E-state index is 0.454. The predicted octanol–water partition coefficient (Wildman–Crippen LogP) is 2.26. The molecular formula is C14H22N2O. The van der Waals surface area contributed by atoms with Crippen molar-refractivity contribution in [3.05, 3.63) is 24.3 Å². The van der Waals surface area contributed by atoms with Gasteiger partial charge < -0.3 is 15.4 Å². The van der Waals surface area contributed by atoms with Gasteiger partial charge in [0.25, 0.3) is 0 Å². The molecule has 17 heavy (non-hydrogen) atoms. The molecule has 0 spiro atoms. The third kappa shape index (κ3) is 2.55. The molecule has 2 rings (SSSR count). The molecule has 2 N–H and O–H groups in total. The number of ether oxygens (including phenoxy) is 1. The van der Waals surface area contributed by atoms with Gasteiger partial charge in [0.15, 0.2) is 0 Å². The second kappa shape index (κ2) is 5.41. The van der Waals surface area contributed by atoms with E-state index in [2.05, 4.69) is 24.1 Å². The minimum Gasteiger partial charge on any atom is -0.497 e. The van der Waals surface area contributed by atoms with Gasteiger partial charge in [-0.2, -0.15) is 0 Å². The first-order valence-corrected chi connectivity index (χ1v) is 6.33. The Morgan fingerprint density at radius 2 is 2.24 bits per heavy atom. The van der Waals surface area contributed by atoms with Gasteiger partial charge in [0.2, 0.25) is 0 Å². The van der Waals surface area contributed by atoms with Crippen molar-refractivity contribution in [2.75, 3.05) is 25.6 Å². The van der Waals surface area contributed by atoms with Crippen LogP contribution in [0.4, 0.5) is 5.69 Å². The fraction of sp³-hybridized carbons (Fsp3) is 0.571. The predicted molar refractivity (Wildman–Crippen MR) is 71.6 cm³/mol. The fourth-order valence-electron chi connectivity index (χ4n) is 2.51. The Balaban J connectivity index is 2.12. The molecule has 1 aliphatic rings. The van der Waals surface area contributed by atoms with Crippen LogP contribution in [0.5, 0.6) is 5.75 Å². The van der Waals surface area contributed by atoms with E-state index >= 15 is 0 Å². The van der Waals surface area contributed by atoms with Crippen LogP contribution in [0.3, 0.4) is 0 Å². The lowest BCUT2D eigenvalue weighted by Gasteiger charge is -2.40. The summed E-state index contributed by atoms with van der Waals surface area (Å²) < 4.78 is 5.26. The van der Waals surface area contributed by atoms with Crippen LogP contribution in [-0.4, -0.2) is 26.7 Å². The van der Waals surface area contributed by atoms with Crippen LogP contribution >= 0.6 is 0 Å². The summed E-state index contributed by atoms with van der Waals surface area (Å²) in [6.07, 6.45) is 3.99. The molecule has 0 radical (unpaired) electrons. The molecule has 0 amide bonds. The summed E-state index contributed by atoms with van der Waals surface area (Å²) >= 11 is 0. The van der Waals surface area contributed by atoms with Gasteiger partial charge in [0, 0.05) is 31.4 Å². The van der Waals surface area contributed by atoms with Gasteiger partial charge in [0.1, 0.15) is 5.75 Å². The molecule has 3 nitrogen and oxygen atoms in total. The van der Waals surface area contributed by atoms with E-state index < -0.39 is 0 Å². The number of benzene rings is 1. The zero-order valence-corrected chi connectivity index (χ0v) is 10.7. The Hall–Kier alpha value is -1.22. The molecule has 0 aliphatic heterocycles. The van der Waals surface area contributed by atoms with Crippen LogP contribution in [0, 0.1) is 5.92 Å². The normalized spacial score (nSPS) is 17.4. The number of methoxy groups -OCH3 is 1. The molecule has 0 heterocycles. The van der Waals surface area contributed by atoms with E-state index in [1.165, 1.54) is 24.9 Å². The summed E-state index contributed by atoms with van der Waals surface area (Å²) in [5.74, 6) is 1.66. The third-order valence-electron chi connectivity index (χ3n) is 3.89. The van der Waals surface area contributed by atoms with Crippen LogP contribution in [-0.2, 0) is 0 Å². The highest BCUT2D eigenvalue weighted by atomic mass is 16.5. The van der Waals surface area contributed by atoms with Gasteiger partial charge in [-0.1, -0.05) is 12.5 Å². The quantitative estimate of drug-likeness (QED) is 0.849. The van der Waals surface area contributed by atoms with Crippen molar-refractivity contribution in [2.24, 2.45) is 11.7 Å². The Morgan fingerprint density at radius 3 is 2.76 bits per heavy atom. The number of nitrogens with zero attached hydrogens (tertiary/aromatic N) is 1. The van der Waals surface area contributed by atoms with Crippen molar-refractivity contribution in [3.63, 3.8) is 0 Å². The van der Waals surface area contributed by atoms with E-state index in [4.69, 9.17) is 10.5 Å². The molecular weight excluding hydrogens is 212 g/mol. The van der Waals surface area contributed by atoms with Gasteiger partial charge in [-0.25, -0.2) is 0 Å². The molecule has 94 valence electrons. The van der Waals surface area contributed by atoms with Crippen molar-refractivity contribution < 1.29 is 4.74 Å². The summed E-state index contributed by atoms with van der Waals surface area (Å²) in [7, 11) is 3.83. The highest BCUT2D eigenvalue weighted by Gasteiger charge is 2.29. The zero-order chi connectivity index (χ0) is 12.3. The molecule has 0 bridgehead atoms. The first kappa shape index (κ1) is 12.2. The molecule has 1 unspecified atom stereocenters. The highest BCUT2D eigenvalue weighted by molar-refractivity contribution is 5.51. The van der Waals surface area contributed by atoms with Gasteiger partial charge in [-0.05, 0) is 30.9 Å². The number of likely N-dealkylation sites (N-methyl/N-ethyl adjacent to an activating group) is 1. The van der Waals surface area contributed by atoms with E-state index in [1.807, 2.05) is 12.1 Å². The Morgan fingerprint density at radius 1 is 1.47 bits per heavy atom. The molecule has 1 aliphatic carbocycles. The van der Waals surface area contributed by atoms with Crippen LogP contribution < -0.4 is 15.4 Å². The fourth-order valence-corrected chi connectivity index (χ4v) is 2.51. The lowest BCUT2D eigenvalue weighted by molar-refractivity contribution is 0.259. The lowest BCUT2D eigenvalue weighted by Crippen LogP contribution is -2.46. The largest absolute Gasteiger partial charge is 0.497 e. The summed E-state index contributed by atoms with van der Waals surface area (Å²) in [5.41, 5.74) is 7.11. The standard InChI is InChI=1S/C14H22N2O/c1-16(14(10-15)11-5-3-6-11)12-7-4-8-13(9-12)17-2/h4,7-9,11,14H,3,5-6,10,15H2,1-2H3. The smallest absolute Gasteiger partial charge is 0.120 e.